The fraction of sp³-hybridized carbons (Fsp3) is 0.750. The molecular weight excluding hydrogens is 406 g/mol. The second kappa shape index (κ2) is 13.6. The summed E-state index contributed by atoms with van der Waals surface area (Å²) in [6.45, 7) is 8.83. The van der Waals surface area contributed by atoms with Gasteiger partial charge in [0.05, 0.1) is 6.04 Å². The normalized spacial score (nSPS) is 15.8. The van der Waals surface area contributed by atoms with Crippen LogP contribution < -0.4 is 27.4 Å². The number of primary amides is 1. The zero-order valence-electron chi connectivity index (χ0n) is 18.9. The van der Waals surface area contributed by atoms with E-state index in [1.54, 1.807) is 6.92 Å². The van der Waals surface area contributed by atoms with E-state index in [-0.39, 0.29) is 31.1 Å². The molecule has 0 aromatic carbocycles. The Kier molecular flexibility index (Phi) is 12.4. The lowest BCUT2D eigenvalue weighted by molar-refractivity contribution is -0.142. The molecule has 31 heavy (non-hydrogen) atoms. The molecule has 0 rings (SSSR count). The third-order valence-corrected chi connectivity index (χ3v) is 4.84. The first-order valence-corrected chi connectivity index (χ1v) is 10.5. The maximum Gasteiger partial charge on any atom is 0.326 e. The third kappa shape index (κ3) is 10.8. The van der Waals surface area contributed by atoms with Crippen LogP contribution in [-0.4, -0.2) is 58.9 Å². The molecule has 178 valence electrons. The molecule has 0 saturated carbocycles. The van der Waals surface area contributed by atoms with E-state index in [0.29, 0.717) is 6.42 Å². The number of aliphatic carboxylic acids is 1. The average molecular weight is 444 g/mol. The van der Waals surface area contributed by atoms with Gasteiger partial charge in [0.15, 0.2) is 0 Å². The molecule has 0 aliphatic carbocycles. The predicted octanol–water partition coefficient (Wildman–Crippen LogP) is -0.770. The Morgan fingerprint density at radius 2 is 1.42 bits per heavy atom. The molecule has 5 atom stereocenters. The summed E-state index contributed by atoms with van der Waals surface area (Å²) in [5, 5.41) is 16.9. The summed E-state index contributed by atoms with van der Waals surface area (Å²) in [7, 11) is 0. The molecular formula is C20H37N5O6. The van der Waals surface area contributed by atoms with E-state index in [1.807, 2.05) is 20.8 Å². The highest BCUT2D eigenvalue weighted by Gasteiger charge is 2.32. The van der Waals surface area contributed by atoms with Crippen molar-refractivity contribution in [3.63, 3.8) is 0 Å². The Bertz CT molecular complexity index is 652. The van der Waals surface area contributed by atoms with Gasteiger partial charge >= 0.3 is 5.97 Å². The van der Waals surface area contributed by atoms with E-state index in [0.717, 1.165) is 0 Å². The minimum atomic E-state index is -1.32. The minimum Gasteiger partial charge on any atom is -0.480 e. The van der Waals surface area contributed by atoms with E-state index in [9.17, 15) is 29.1 Å². The fourth-order valence-corrected chi connectivity index (χ4v) is 2.77. The van der Waals surface area contributed by atoms with Crippen molar-refractivity contribution in [1.29, 1.82) is 0 Å². The number of carbonyl (C=O) groups excluding carboxylic acids is 4. The number of carboxylic acid groups (broad SMARTS) is 1. The third-order valence-electron chi connectivity index (χ3n) is 4.84. The molecule has 0 bridgehead atoms. The first-order chi connectivity index (χ1) is 14.3. The molecule has 5 unspecified atom stereocenters. The Balaban J connectivity index is 5.48. The fourth-order valence-electron chi connectivity index (χ4n) is 2.77. The Labute approximate surface area is 183 Å². The molecule has 0 aromatic heterocycles. The SMILES string of the molecule is CCC(C)C(NC(=O)C(C)N)C(=O)NC(CC(C)C)C(=O)NC(CCC(N)=O)C(=O)O. The van der Waals surface area contributed by atoms with Crippen LogP contribution in [0.15, 0.2) is 0 Å². The van der Waals surface area contributed by atoms with Gasteiger partial charge in [-0.25, -0.2) is 4.79 Å². The first kappa shape index (κ1) is 28.3. The van der Waals surface area contributed by atoms with E-state index in [1.165, 1.54) is 6.92 Å². The zero-order chi connectivity index (χ0) is 24.3. The molecule has 0 radical (unpaired) electrons. The highest BCUT2D eigenvalue weighted by atomic mass is 16.4. The maximum atomic E-state index is 12.9. The van der Waals surface area contributed by atoms with Crippen molar-refractivity contribution < 1.29 is 29.1 Å². The number of amides is 4. The van der Waals surface area contributed by atoms with Gasteiger partial charge in [-0.05, 0) is 31.6 Å². The van der Waals surface area contributed by atoms with Gasteiger partial charge in [-0.15, -0.1) is 0 Å². The van der Waals surface area contributed by atoms with Gasteiger partial charge in [-0.2, -0.15) is 0 Å². The largest absolute Gasteiger partial charge is 0.480 e. The Morgan fingerprint density at radius 3 is 1.84 bits per heavy atom. The van der Waals surface area contributed by atoms with Crippen molar-refractivity contribution in [2.24, 2.45) is 23.3 Å². The molecule has 0 spiro atoms. The molecule has 11 nitrogen and oxygen atoms in total. The van der Waals surface area contributed by atoms with Crippen LogP contribution in [0.2, 0.25) is 0 Å². The molecule has 0 aromatic rings. The summed E-state index contributed by atoms with van der Waals surface area (Å²) in [4.78, 5) is 60.1. The summed E-state index contributed by atoms with van der Waals surface area (Å²) < 4.78 is 0. The zero-order valence-corrected chi connectivity index (χ0v) is 18.9. The molecule has 11 heteroatoms. The minimum absolute atomic E-state index is 0.00523. The molecule has 8 N–H and O–H groups in total. The number of hydrogen-bond donors (Lipinski definition) is 6. The number of nitrogens with one attached hydrogen (secondary N) is 3. The second-order valence-electron chi connectivity index (χ2n) is 8.26. The number of carboxylic acids is 1. The van der Waals surface area contributed by atoms with Crippen LogP contribution in [-0.2, 0) is 24.0 Å². The van der Waals surface area contributed by atoms with Crippen LogP contribution >= 0.6 is 0 Å². The van der Waals surface area contributed by atoms with Crippen molar-refractivity contribution in [2.45, 2.75) is 84.5 Å². The van der Waals surface area contributed by atoms with Gasteiger partial charge in [0, 0.05) is 6.42 Å². The second-order valence-corrected chi connectivity index (χ2v) is 8.26. The predicted molar refractivity (Wildman–Crippen MR) is 114 cm³/mol. The maximum absolute atomic E-state index is 12.9. The quantitative estimate of drug-likeness (QED) is 0.203. The Morgan fingerprint density at radius 1 is 0.871 bits per heavy atom. The van der Waals surface area contributed by atoms with E-state index in [4.69, 9.17) is 11.5 Å². The topological polar surface area (TPSA) is 194 Å². The van der Waals surface area contributed by atoms with Crippen LogP contribution in [0.1, 0.15) is 60.3 Å². The van der Waals surface area contributed by atoms with Crippen molar-refractivity contribution in [3.8, 4) is 0 Å². The molecule has 0 aliphatic heterocycles. The lowest BCUT2D eigenvalue weighted by Gasteiger charge is -2.28. The monoisotopic (exact) mass is 443 g/mol. The standard InChI is InChI=1S/C20H37N5O6/c1-6-11(4)16(25-17(27)12(5)21)19(29)24-14(9-10(2)3)18(28)23-13(20(30)31)7-8-15(22)26/h10-14,16H,6-9,21H2,1-5H3,(H2,22,26)(H,23,28)(H,24,29)(H,25,27)(H,30,31). The lowest BCUT2D eigenvalue weighted by atomic mass is 9.96. The van der Waals surface area contributed by atoms with Gasteiger partial charge < -0.3 is 32.5 Å². The van der Waals surface area contributed by atoms with Crippen LogP contribution in [0.3, 0.4) is 0 Å². The van der Waals surface area contributed by atoms with Crippen molar-refractivity contribution in [3.05, 3.63) is 0 Å². The Hall–Kier alpha value is -2.69. The van der Waals surface area contributed by atoms with Crippen LogP contribution in [0.25, 0.3) is 0 Å². The van der Waals surface area contributed by atoms with Gasteiger partial charge in [0.25, 0.3) is 0 Å². The van der Waals surface area contributed by atoms with Crippen molar-refractivity contribution in [1.82, 2.24) is 16.0 Å². The van der Waals surface area contributed by atoms with E-state index >= 15 is 0 Å². The summed E-state index contributed by atoms with van der Waals surface area (Å²) >= 11 is 0. The summed E-state index contributed by atoms with van der Waals surface area (Å²) in [6, 6.07) is -4.07. The van der Waals surface area contributed by atoms with Crippen LogP contribution in [0, 0.1) is 11.8 Å². The van der Waals surface area contributed by atoms with Gasteiger partial charge in [0.1, 0.15) is 18.1 Å². The summed E-state index contributed by atoms with van der Waals surface area (Å²) in [5.41, 5.74) is 10.6. The number of nitrogens with two attached hydrogens (primary N) is 2. The van der Waals surface area contributed by atoms with Crippen LogP contribution in [0.4, 0.5) is 0 Å². The van der Waals surface area contributed by atoms with Crippen molar-refractivity contribution >= 4 is 29.6 Å². The molecule has 0 heterocycles. The van der Waals surface area contributed by atoms with E-state index < -0.39 is 53.8 Å². The molecule has 0 fully saturated rings. The van der Waals surface area contributed by atoms with Crippen LogP contribution in [0.5, 0.6) is 0 Å². The number of rotatable bonds is 14. The van der Waals surface area contributed by atoms with Gasteiger partial charge in [0.2, 0.25) is 23.6 Å². The first-order valence-electron chi connectivity index (χ1n) is 10.5. The molecule has 4 amide bonds. The summed E-state index contributed by atoms with van der Waals surface area (Å²) in [6.07, 6.45) is 0.456. The van der Waals surface area contributed by atoms with Gasteiger partial charge in [-0.1, -0.05) is 34.1 Å². The highest BCUT2D eigenvalue weighted by molar-refractivity contribution is 5.94. The smallest absolute Gasteiger partial charge is 0.326 e. The average Bonchev–Trinajstić information content (AvgIpc) is 2.66. The molecule has 0 saturated heterocycles. The van der Waals surface area contributed by atoms with Crippen molar-refractivity contribution in [2.75, 3.05) is 0 Å². The number of carbonyl (C=O) groups is 5. The lowest BCUT2D eigenvalue weighted by Crippen LogP contribution is -2.58. The highest BCUT2D eigenvalue weighted by Crippen LogP contribution is 2.11. The van der Waals surface area contributed by atoms with E-state index in [2.05, 4.69) is 16.0 Å². The summed E-state index contributed by atoms with van der Waals surface area (Å²) in [5.74, 6) is -3.98. The molecule has 0 aliphatic rings. The van der Waals surface area contributed by atoms with Gasteiger partial charge in [-0.3, -0.25) is 19.2 Å². The number of hydrogen-bond acceptors (Lipinski definition) is 6.